The molecule has 29 heavy (non-hydrogen) atoms. The van der Waals surface area contributed by atoms with Crippen molar-refractivity contribution >= 4 is 28.2 Å². The molecule has 3 aromatic rings. The minimum atomic E-state index is -0.512. The van der Waals surface area contributed by atoms with E-state index in [1.165, 1.54) is 12.1 Å². The quantitative estimate of drug-likeness (QED) is 0.357. The standard InChI is InChI=1S/C21H22N4O4/c1-24(2)18-10-9-16(25(27)28)14-17(18)21(26)23-12-5-13-29-19-8-3-6-15-7-4-11-22-20(15)19/h3-4,6-11,14H,5,12-13H2,1-2H3,(H,23,26). The van der Waals surface area contributed by atoms with Crippen molar-refractivity contribution in [2.45, 2.75) is 6.42 Å². The lowest BCUT2D eigenvalue weighted by Crippen LogP contribution is -2.27. The second kappa shape index (κ2) is 9.01. The van der Waals surface area contributed by atoms with E-state index in [9.17, 15) is 14.9 Å². The maximum absolute atomic E-state index is 12.5. The molecule has 0 bridgehead atoms. The molecule has 0 saturated carbocycles. The fourth-order valence-corrected chi connectivity index (χ4v) is 2.95. The molecule has 8 nitrogen and oxygen atoms in total. The molecule has 3 rings (SSSR count). The SMILES string of the molecule is CN(C)c1ccc([N+](=O)[O-])cc1C(=O)NCCCOc1cccc2cccnc12. The lowest BCUT2D eigenvalue weighted by atomic mass is 10.1. The second-order valence-electron chi connectivity index (χ2n) is 6.64. The van der Waals surface area contributed by atoms with Crippen LogP contribution in [-0.4, -0.2) is 43.1 Å². The molecule has 0 saturated heterocycles. The van der Waals surface area contributed by atoms with E-state index in [0.29, 0.717) is 31.0 Å². The molecule has 0 aliphatic carbocycles. The Hall–Kier alpha value is -3.68. The third-order valence-electron chi connectivity index (χ3n) is 4.38. The van der Waals surface area contributed by atoms with E-state index < -0.39 is 4.92 Å². The van der Waals surface area contributed by atoms with Crippen LogP contribution in [0.3, 0.4) is 0 Å². The number of nitrogens with one attached hydrogen (secondary N) is 1. The summed E-state index contributed by atoms with van der Waals surface area (Å²) in [7, 11) is 3.56. The van der Waals surface area contributed by atoms with E-state index in [4.69, 9.17) is 4.74 Å². The van der Waals surface area contributed by atoms with E-state index in [0.717, 1.165) is 10.9 Å². The summed E-state index contributed by atoms with van der Waals surface area (Å²) in [5.74, 6) is 0.340. The third kappa shape index (κ3) is 4.78. The molecule has 0 radical (unpaired) electrons. The molecule has 1 aromatic heterocycles. The number of anilines is 1. The number of benzene rings is 2. The molecule has 0 aliphatic heterocycles. The fraction of sp³-hybridized carbons (Fsp3) is 0.238. The van der Waals surface area contributed by atoms with Crippen molar-refractivity contribution in [2.24, 2.45) is 0 Å². The van der Waals surface area contributed by atoms with Gasteiger partial charge in [-0.15, -0.1) is 0 Å². The molecule has 1 N–H and O–H groups in total. The van der Waals surface area contributed by atoms with Crippen molar-refractivity contribution in [1.29, 1.82) is 0 Å². The molecule has 0 aliphatic rings. The van der Waals surface area contributed by atoms with Gasteiger partial charge >= 0.3 is 0 Å². The highest BCUT2D eigenvalue weighted by Crippen LogP contribution is 2.24. The fourth-order valence-electron chi connectivity index (χ4n) is 2.95. The Morgan fingerprint density at radius 1 is 1.21 bits per heavy atom. The number of ether oxygens (including phenoxy) is 1. The first-order valence-electron chi connectivity index (χ1n) is 9.18. The maximum atomic E-state index is 12.5. The normalized spacial score (nSPS) is 10.6. The van der Waals surface area contributed by atoms with Crippen LogP contribution in [0, 0.1) is 10.1 Å². The van der Waals surface area contributed by atoms with E-state index in [1.807, 2.05) is 30.3 Å². The zero-order valence-corrected chi connectivity index (χ0v) is 16.3. The van der Waals surface area contributed by atoms with E-state index in [1.54, 1.807) is 31.3 Å². The van der Waals surface area contributed by atoms with Gasteiger partial charge in [-0.1, -0.05) is 18.2 Å². The highest BCUT2D eigenvalue weighted by molar-refractivity contribution is 6.00. The monoisotopic (exact) mass is 394 g/mol. The van der Waals surface area contributed by atoms with Crippen LogP contribution in [0.1, 0.15) is 16.8 Å². The predicted molar refractivity (Wildman–Crippen MR) is 112 cm³/mol. The maximum Gasteiger partial charge on any atom is 0.270 e. The Morgan fingerprint density at radius 2 is 2.00 bits per heavy atom. The van der Waals surface area contributed by atoms with Gasteiger partial charge in [0.2, 0.25) is 0 Å². The van der Waals surface area contributed by atoms with Gasteiger partial charge in [0.15, 0.2) is 0 Å². The first-order chi connectivity index (χ1) is 14.0. The number of amides is 1. The Morgan fingerprint density at radius 3 is 2.76 bits per heavy atom. The first kappa shape index (κ1) is 20.1. The molecule has 1 heterocycles. The molecule has 0 spiro atoms. The molecule has 8 heteroatoms. The Balaban J connectivity index is 1.57. The van der Waals surface area contributed by atoms with Gasteiger partial charge < -0.3 is 15.0 Å². The predicted octanol–water partition coefficient (Wildman–Crippen LogP) is 3.41. The summed E-state index contributed by atoms with van der Waals surface area (Å²) >= 11 is 0. The number of fused-ring (bicyclic) bond motifs is 1. The van der Waals surface area contributed by atoms with Gasteiger partial charge in [0.25, 0.3) is 11.6 Å². The summed E-state index contributed by atoms with van der Waals surface area (Å²) in [6.07, 6.45) is 2.30. The molecular formula is C21H22N4O4. The molecule has 0 atom stereocenters. The lowest BCUT2D eigenvalue weighted by molar-refractivity contribution is -0.384. The number of hydrogen-bond donors (Lipinski definition) is 1. The van der Waals surface area contributed by atoms with Crippen molar-refractivity contribution in [2.75, 3.05) is 32.1 Å². The number of para-hydroxylation sites is 1. The second-order valence-corrected chi connectivity index (χ2v) is 6.64. The summed E-state index contributed by atoms with van der Waals surface area (Å²) < 4.78 is 5.81. The van der Waals surface area contributed by atoms with Gasteiger partial charge in [-0.3, -0.25) is 19.9 Å². The minimum absolute atomic E-state index is 0.118. The van der Waals surface area contributed by atoms with Crippen LogP contribution in [0.5, 0.6) is 5.75 Å². The smallest absolute Gasteiger partial charge is 0.270 e. The van der Waals surface area contributed by atoms with Crippen molar-refractivity contribution in [3.63, 3.8) is 0 Å². The van der Waals surface area contributed by atoms with Crippen LogP contribution < -0.4 is 15.0 Å². The van der Waals surface area contributed by atoms with Crippen LogP contribution in [0.2, 0.25) is 0 Å². The topological polar surface area (TPSA) is 97.6 Å². The molecule has 150 valence electrons. The number of aromatic nitrogens is 1. The number of rotatable bonds is 8. The number of pyridine rings is 1. The summed E-state index contributed by atoms with van der Waals surface area (Å²) in [5, 5.41) is 14.8. The number of non-ortho nitro benzene ring substituents is 1. The highest BCUT2D eigenvalue weighted by atomic mass is 16.6. The first-order valence-corrected chi connectivity index (χ1v) is 9.18. The average molecular weight is 394 g/mol. The molecule has 1 amide bonds. The number of nitro benzene ring substituents is 1. The molecular weight excluding hydrogens is 372 g/mol. The summed E-state index contributed by atoms with van der Waals surface area (Å²) in [5.41, 5.74) is 1.56. The van der Waals surface area contributed by atoms with Crippen molar-refractivity contribution in [3.8, 4) is 5.75 Å². The minimum Gasteiger partial charge on any atom is -0.491 e. The largest absolute Gasteiger partial charge is 0.491 e. The zero-order valence-electron chi connectivity index (χ0n) is 16.3. The number of nitro groups is 1. The number of hydrogen-bond acceptors (Lipinski definition) is 6. The van der Waals surface area contributed by atoms with Crippen molar-refractivity contribution in [3.05, 3.63) is 70.4 Å². The Labute approximate surface area is 168 Å². The number of nitrogens with zero attached hydrogens (tertiary/aromatic N) is 3. The van der Waals surface area contributed by atoms with Gasteiger partial charge in [0.1, 0.15) is 11.3 Å². The van der Waals surface area contributed by atoms with E-state index in [2.05, 4.69) is 10.3 Å². The van der Waals surface area contributed by atoms with Gasteiger partial charge in [0.05, 0.1) is 17.1 Å². The van der Waals surface area contributed by atoms with Crippen LogP contribution >= 0.6 is 0 Å². The van der Waals surface area contributed by atoms with E-state index >= 15 is 0 Å². The Bertz CT molecular complexity index is 1030. The van der Waals surface area contributed by atoms with Gasteiger partial charge in [-0.2, -0.15) is 0 Å². The average Bonchev–Trinajstić information content (AvgIpc) is 2.72. The van der Waals surface area contributed by atoms with Gasteiger partial charge in [-0.05, 0) is 24.6 Å². The summed E-state index contributed by atoms with van der Waals surface area (Å²) in [4.78, 5) is 29.1. The molecule has 0 fully saturated rings. The highest BCUT2D eigenvalue weighted by Gasteiger charge is 2.17. The summed E-state index contributed by atoms with van der Waals surface area (Å²) in [6.45, 7) is 0.790. The number of carbonyl (C=O) groups excluding carboxylic acids is 1. The zero-order chi connectivity index (χ0) is 20.8. The lowest BCUT2D eigenvalue weighted by Gasteiger charge is -2.17. The van der Waals surface area contributed by atoms with Gasteiger partial charge in [-0.25, -0.2) is 0 Å². The van der Waals surface area contributed by atoms with Gasteiger partial charge in [0, 0.05) is 50.0 Å². The van der Waals surface area contributed by atoms with Crippen LogP contribution in [0.15, 0.2) is 54.7 Å². The van der Waals surface area contributed by atoms with Crippen molar-refractivity contribution < 1.29 is 14.5 Å². The summed E-state index contributed by atoms with van der Waals surface area (Å²) in [6, 6.07) is 13.8. The van der Waals surface area contributed by atoms with Crippen molar-refractivity contribution in [1.82, 2.24) is 10.3 Å². The Kier molecular flexibility index (Phi) is 6.23. The molecule has 2 aromatic carbocycles. The van der Waals surface area contributed by atoms with Crippen LogP contribution in [0.25, 0.3) is 10.9 Å². The van der Waals surface area contributed by atoms with Crippen LogP contribution in [0.4, 0.5) is 11.4 Å². The molecule has 0 unspecified atom stereocenters. The third-order valence-corrected chi connectivity index (χ3v) is 4.38. The van der Waals surface area contributed by atoms with Crippen LogP contribution in [-0.2, 0) is 0 Å². The number of carbonyl (C=O) groups is 1. The van der Waals surface area contributed by atoms with E-state index in [-0.39, 0.29) is 17.2 Å².